The maximum absolute atomic E-state index is 12.6. The average Bonchev–Trinajstić information content (AvgIpc) is 3.23. The van der Waals surface area contributed by atoms with Gasteiger partial charge in [0.15, 0.2) is 5.11 Å². The minimum atomic E-state index is -0.519. The lowest BCUT2D eigenvalue weighted by Gasteiger charge is -2.30. The Balaban J connectivity index is 1.28. The van der Waals surface area contributed by atoms with E-state index in [1.165, 1.54) is 5.56 Å². The highest BCUT2D eigenvalue weighted by molar-refractivity contribution is 7.80. The summed E-state index contributed by atoms with van der Waals surface area (Å²) in [6.45, 7) is 6.75. The SMILES string of the molecule is CC(C)(C)OC(=O)N1CCc2c(sc3ncnc(Nc4ccc(NC(=S)Nc5ccccc5)cc4)c23)C1. The predicted octanol–water partition coefficient (Wildman–Crippen LogP) is 6.54. The Bertz CT molecular complexity index is 1430. The molecule has 3 heterocycles. The van der Waals surface area contributed by atoms with Crippen molar-refractivity contribution in [2.75, 3.05) is 22.5 Å². The Kier molecular flexibility index (Phi) is 6.94. The molecule has 0 aliphatic carbocycles. The van der Waals surface area contributed by atoms with Crippen LogP contribution < -0.4 is 16.0 Å². The van der Waals surface area contributed by atoms with E-state index in [1.807, 2.05) is 75.4 Å². The van der Waals surface area contributed by atoms with Crippen LogP contribution in [0.4, 0.5) is 27.7 Å². The Morgan fingerprint density at radius 1 is 1.00 bits per heavy atom. The van der Waals surface area contributed by atoms with Gasteiger partial charge in [-0.2, -0.15) is 0 Å². The first-order chi connectivity index (χ1) is 17.7. The topological polar surface area (TPSA) is 91.4 Å². The summed E-state index contributed by atoms with van der Waals surface area (Å²) in [6.07, 6.45) is 2.01. The molecular formula is C27H28N6O2S2. The molecule has 0 atom stereocenters. The van der Waals surface area contributed by atoms with Gasteiger partial charge in [-0.25, -0.2) is 14.8 Å². The van der Waals surface area contributed by atoms with E-state index in [4.69, 9.17) is 17.0 Å². The van der Waals surface area contributed by atoms with Crippen molar-refractivity contribution in [1.29, 1.82) is 0 Å². The summed E-state index contributed by atoms with van der Waals surface area (Å²) >= 11 is 7.02. The molecule has 0 fully saturated rings. The number of hydrogen-bond acceptors (Lipinski definition) is 7. The highest BCUT2D eigenvalue weighted by atomic mass is 32.1. The van der Waals surface area contributed by atoms with E-state index in [-0.39, 0.29) is 6.09 Å². The van der Waals surface area contributed by atoms with Crippen molar-refractivity contribution in [2.45, 2.75) is 39.3 Å². The van der Waals surface area contributed by atoms with Crippen LogP contribution in [-0.2, 0) is 17.7 Å². The number of carbonyl (C=O) groups excluding carboxylic acids is 1. The van der Waals surface area contributed by atoms with Crippen LogP contribution in [0.25, 0.3) is 10.2 Å². The maximum Gasteiger partial charge on any atom is 0.410 e. The summed E-state index contributed by atoms with van der Waals surface area (Å²) in [4.78, 5) is 25.4. The predicted molar refractivity (Wildman–Crippen MR) is 154 cm³/mol. The molecule has 2 aromatic carbocycles. The Morgan fingerprint density at radius 3 is 2.38 bits per heavy atom. The number of aromatic nitrogens is 2. The van der Waals surface area contributed by atoms with Crippen molar-refractivity contribution in [3.05, 3.63) is 71.4 Å². The number of rotatable bonds is 4. The molecule has 1 aliphatic rings. The van der Waals surface area contributed by atoms with Crippen molar-refractivity contribution < 1.29 is 9.53 Å². The number of carbonyl (C=O) groups is 1. The summed E-state index contributed by atoms with van der Waals surface area (Å²) in [5.74, 6) is 0.759. The van der Waals surface area contributed by atoms with E-state index in [2.05, 4.69) is 25.9 Å². The van der Waals surface area contributed by atoms with E-state index < -0.39 is 5.60 Å². The minimum absolute atomic E-state index is 0.285. The third-order valence-corrected chi connectivity index (χ3v) is 7.05. The van der Waals surface area contributed by atoms with Crippen LogP contribution in [0.15, 0.2) is 60.9 Å². The smallest absolute Gasteiger partial charge is 0.410 e. The van der Waals surface area contributed by atoms with Gasteiger partial charge in [-0.1, -0.05) is 18.2 Å². The highest BCUT2D eigenvalue weighted by Gasteiger charge is 2.29. The molecule has 0 bridgehead atoms. The number of thiophene rings is 1. The first kappa shape index (κ1) is 24.9. The van der Waals surface area contributed by atoms with Crippen molar-refractivity contribution in [2.24, 2.45) is 0 Å². The number of hydrogen-bond donors (Lipinski definition) is 3. The van der Waals surface area contributed by atoms with Gasteiger partial charge in [0.05, 0.1) is 11.9 Å². The molecule has 0 spiro atoms. The van der Waals surface area contributed by atoms with Crippen molar-refractivity contribution >= 4 is 67.9 Å². The number of ether oxygens (including phenoxy) is 1. The van der Waals surface area contributed by atoms with E-state index in [0.717, 1.165) is 44.4 Å². The lowest BCUT2D eigenvalue weighted by atomic mass is 10.1. The van der Waals surface area contributed by atoms with E-state index >= 15 is 0 Å². The Hall–Kier alpha value is -3.76. The summed E-state index contributed by atoms with van der Waals surface area (Å²) in [6, 6.07) is 17.7. The second-order valence-electron chi connectivity index (χ2n) is 9.71. The van der Waals surface area contributed by atoms with E-state index in [9.17, 15) is 4.79 Å². The Morgan fingerprint density at radius 2 is 1.68 bits per heavy atom. The normalized spacial score (nSPS) is 13.1. The first-order valence-electron chi connectivity index (χ1n) is 12.0. The number of thiocarbonyl (C=S) groups is 1. The van der Waals surface area contributed by atoms with Gasteiger partial charge >= 0.3 is 6.09 Å². The molecule has 0 saturated carbocycles. The van der Waals surface area contributed by atoms with Gasteiger partial charge < -0.3 is 25.6 Å². The first-order valence-corrected chi connectivity index (χ1v) is 13.2. The second kappa shape index (κ2) is 10.3. The lowest BCUT2D eigenvalue weighted by molar-refractivity contribution is 0.0227. The average molecular weight is 533 g/mol. The number of nitrogens with one attached hydrogen (secondary N) is 3. The van der Waals surface area contributed by atoms with Gasteiger partial charge in [-0.3, -0.25) is 0 Å². The van der Waals surface area contributed by atoms with Crippen LogP contribution >= 0.6 is 23.6 Å². The van der Waals surface area contributed by atoms with Crippen LogP contribution in [0.1, 0.15) is 31.2 Å². The zero-order valence-corrected chi connectivity index (χ0v) is 22.5. The molecule has 2 aromatic heterocycles. The molecule has 1 amide bonds. The highest BCUT2D eigenvalue weighted by Crippen LogP contribution is 2.38. The van der Waals surface area contributed by atoms with Crippen LogP contribution in [0.5, 0.6) is 0 Å². The minimum Gasteiger partial charge on any atom is -0.444 e. The van der Waals surface area contributed by atoms with E-state index in [1.54, 1.807) is 22.6 Å². The summed E-state index contributed by atoms with van der Waals surface area (Å²) in [5.41, 5.74) is 3.38. The van der Waals surface area contributed by atoms with Crippen LogP contribution in [0, 0.1) is 0 Å². The third kappa shape index (κ3) is 5.98. The molecule has 3 N–H and O–H groups in total. The fourth-order valence-electron chi connectivity index (χ4n) is 4.09. The number of amides is 1. The number of benzene rings is 2. The summed E-state index contributed by atoms with van der Waals surface area (Å²) < 4.78 is 5.57. The van der Waals surface area contributed by atoms with Crippen molar-refractivity contribution in [3.63, 3.8) is 0 Å². The molecule has 8 nitrogen and oxygen atoms in total. The molecule has 0 unspecified atom stereocenters. The van der Waals surface area contributed by atoms with Crippen molar-refractivity contribution in [1.82, 2.24) is 14.9 Å². The van der Waals surface area contributed by atoms with Gasteiger partial charge in [0.25, 0.3) is 0 Å². The molecule has 4 aromatic rings. The van der Waals surface area contributed by atoms with Crippen LogP contribution in [-0.4, -0.2) is 38.2 Å². The monoisotopic (exact) mass is 532 g/mol. The van der Waals surface area contributed by atoms with Crippen LogP contribution in [0.3, 0.4) is 0 Å². The van der Waals surface area contributed by atoms with Crippen molar-refractivity contribution in [3.8, 4) is 0 Å². The number of para-hydroxylation sites is 1. The zero-order valence-electron chi connectivity index (χ0n) is 20.9. The zero-order chi connectivity index (χ0) is 26.0. The molecular weight excluding hydrogens is 504 g/mol. The second-order valence-corrected chi connectivity index (χ2v) is 11.2. The van der Waals surface area contributed by atoms with Gasteiger partial charge in [0.2, 0.25) is 0 Å². The third-order valence-electron chi connectivity index (χ3n) is 5.73. The fraction of sp³-hybridized carbons (Fsp3) is 0.259. The molecule has 0 saturated heterocycles. The molecule has 0 radical (unpaired) electrons. The lowest BCUT2D eigenvalue weighted by Crippen LogP contribution is -2.39. The van der Waals surface area contributed by atoms with Crippen LogP contribution in [0.2, 0.25) is 0 Å². The largest absolute Gasteiger partial charge is 0.444 e. The maximum atomic E-state index is 12.6. The Labute approximate surface area is 225 Å². The van der Waals surface area contributed by atoms with Gasteiger partial charge in [0.1, 0.15) is 22.6 Å². The summed E-state index contributed by atoms with van der Waals surface area (Å²) in [7, 11) is 0. The van der Waals surface area contributed by atoms with E-state index in [0.29, 0.717) is 18.2 Å². The van der Waals surface area contributed by atoms with Gasteiger partial charge in [-0.05, 0) is 81.4 Å². The molecule has 5 rings (SSSR count). The quantitative estimate of drug-likeness (QED) is 0.255. The molecule has 1 aliphatic heterocycles. The number of fused-ring (bicyclic) bond motifs is 3. The van der Waals surface area contributed by atoms with Gasteiger partial charge in [0, 0.05) is 28.5 Å². The number of anilines is 4. The fourth-order valence-corrected chi connectivity index (χ4v) is 5.53. The number of nitrogens with zero attached hydrogens (tertiary/aromatic N) is 3. The standard InChI is InChI=1S/C27H28N6O2S2/c1-27(2,3)35-26(34)33-14-13-20-21(15-33)37-24-22(20)23(28-16-29-24)30-18-9-11-19(12-10-18)32-25(36)31-17-7-5-4-6-8-17/h4-12,16H,13-15H2,1-3H3,(H,28,29,30)(H2,31,32,36). The molecule has 37 heavy (non-hydrogen) atoms. The summed E-state index contributed by atoms with van der Waals surface area (Å²) in [5, 5.41) is 11.4. The molecule has 190 valence electrons. The molecule has 10 heteroatoms. The van der Waals surface area contributed by atoms with Gasteiger partial charge in [-0.15, -0.1) is 11.3 Å².